The molecule has 1 amide bonds. The molecule has 0 aliphatic heterocycles. The number of ether oxygens (including phenoxy) is 1. The second-order valence-corrected chi connectivity index (χ2v) is 7.29. The molecule has 0 aliphatic rings. The van der Waals surface area contributed by atoms with Gasteiger partial charge in [0.15, 0.2) is 0 Å². The summed E-state index contributed by atoms with van der Waals surface area (Å²) in [6.07, 6.45) is 4.80. The maximum atomic E-state index is 12.4. The highest BCUT2D eigenvalue weighted by Gasteiger charge is 2.11. The van der Waals surface area contributed by atoms with Gasteiger partial charge in [0.2, 0.25) is 11.8 Å². The predicted octanol–water partition coefficient (Wildman–Crippen LogP) is 5.23. The summed E-state index contributed by atoms with van der Waals surface area (Å²) in [6.45, 7) is 0. The summed E-state index contributed by atoms with van der Waals surface area (Å²) in [6, 6.07) is 14.6. The average Bonchev–Trinajstić information content (AvgIpc) is 3.17. The van der Waals surface area contributed by atoms with Gasteiger partial charge in [-0.15, -0.1) is 11.3 Å². The van der Waals surface area contributed by atoms with Crippen LogP contribution in [0, 0.1) is 0 Å². The molecule has 8 heteroatoms. The fourth-order valence-electron chi connectivity index (χ4n) is 2.61. The second kappa shape index (κ2) is 8.81. The molecule has 29 heavy (non-hydrogen) atoms. The summed E-state index contributed by atoms with van der Waals surface area (Å²) in [5.41, 5.74) is 2.17. The quantitative estimate of drug-likeness (QED) is 0.460. The number of rotatable bonds is 6. The number of carbonyl (C=O) groups excluding carboxylic acids is 1. The van der Waals surface area contributed by atoms with E-state index in [4.69, 9.17) is 16.3 Å². The molecule has 0 saturated carbocycles. The van der Waals surface area contributed by atoms with Gasteiger partial charge in [0.05, 0.1) is 23.3 Å². The number of hydrogen-bond acceptors (Lipinski definition) is 6. The van der Waals surface area contributed by atoms with Crippen LogP contribution in [-0.2, 0) is 11.2 Å². The highest BCUT2D eigenvalue weighted by atomic mass is 35.5. The molecule has 0 aliphatic carbocycles. The molecule has 2 heterocycles. The van der Waals surface area contributed by atoms with Crippen molar-refractivity contribution in [3.05, 3.63) is 83.2 Å². The van der Waals surface area contributed by atoms with Crippen molar-refractivity contribution < 1.29 is 9.53 Å². The predicted molar refractivity (Wildman–Crippen MR) is 113 cm³/mol. The van der Waals surface area contributed by atoms with E-state index in [1.807, 2.05) is 29.6 Å². The number of carbonyl (C=O) groups is 1. The van der Waals surface area contributed by atoms with E-state index >= 15 is 0 Å². The van der Waals surface area contributed by atoms with E-state index in [0.29, 0.717) is 28.0 Å². The van der Waals surface area contributed by atoms with Crippen LogP contribution >= 0.6 is 22.9 Å². The van der Waals surface area contributed by atoms with Crippen molar-refractivity contribution in [1.29, 1.82) is 0 Å². The Bertz CT molecular complexity index is 1130. The maximum absolute atomic E-state index is 12.4. The van der Waals surface area contributed by atoms with Crippen LogP contribution in [0.5, 0.6) is 11.6 Å². The van der Waals surface area contributed by atoms with E-state index in [1.165, 1.54) is 17.5 Å². The minimum Gasteiger partial charge on any atom is -0.437 e. The number of benzene rings is 2. The number of aromatic nitrogens is 3. The fourth-order valence-corrected chi connectivity index (χ4v) is 3.75. The summed E-state index contributed by atoms with van der Waals surface area (Å²) < 4.78 is 5.63. The number of amides is 1. The minimum atomic E-state index is -0.169. The van der Waals surface area contributed by atoms with E-state index in [9.17, 15) is 4.79 Å². The molecule has 0 spiro atoms. The Balaban J connectivity index is 1.40. The van der Waals surface area contributed by atoms with Crippen LogP contribution < -0.4 is 10.1 Å². The average molecular weight is 423 g/mol. The lowest BCUT2D eigenvalue weighted by Crippen LogP contribution is -2.14. The monoisotopic (exact) mass is 422 g/mol. The number of thiazole rings is 1. The normalized spacial score (nSPS) is 10.5. The first-order chi connectivity index (χ1) is 14.2. The zero-order chi connectivity index (χ0) is 20.1. The first-order valence-electron chi connectivity index (χ1n) is 8.70. The van der Waals surface area contributed by atoms with Crippen LogP contribution in [0.15, 0.2) is 72.5 Å². The molecule has 4 rings (SSSR count). The van der Waals surface area contributed by atoms with Crippen molar-refractivity contribution in [3.8, 4) is 22.2 Å². The third kappa shape index (κ3) is 4.96. The molecular weight excluding hydrogens is 408 g/mol. The molecule has 2 aromatic carbocycles. The van der Waals surface area contributed by atoms with Crippen molar-refractivity contribution in [2.24, 2.45) is 0 Å². The van der Waals surface area contributed by atoms with E-state index < -0.39 is 0 Å². The zero-order valence-electron chi connectivity index (χ0n) is 15.1. The highest BCUT2D eigenvalue weighted by molar-refractivity contribution is 7.13. The van der Waals surface area contributed by atoms with Gasteiger partial charge in [0.25, 0.3) is 0 Å². The first kappa shape index (κ1) is 19.0. The summed E-state index contributed by atoms with van der Waals surface area (Å²) in [5, 5.41) is 6.15. The lowest BCUT2D eigenvalue weighted by atomic mass is 10.2. The largest absolute Gasteiger partial charge is 0.437 e. The molecule has 6 nitrogen and oxygen atoms in total. The van der Waals surface area contributed by atoms with Gasteiger partial charge in [-0.25, -0.2) is 9.97 Å². The van der Waals surface area contributed by atoms with Gasteiger partial charge in [-0.05, 0) is 18.2 Å². The third-order valence-corrected chi connectivity index (χ3v) is 5.13. The Hall–Kier alpha value is -3.29. The Kier molecular flexibility index (Phi) is 5.79. The van der Waals surface area contributed by atoms with Crippen molar-refractivity contribution in [1.82, 2.24) is 15.0 Å². The summed E-state index contributed by atoms with van der Waals surface area (Å²) in [5.74, 6) is 0.765. The standard InChI is InChI=1S/C21H15ClN4O2S/c22-18-7-2-1-6-17(18)21-26-15(13-29-21)11-19(27)25-14-4-3-5-16(10-14)28-20-12-23-8-9-24-20/h1-10,12-13H,11H2,(H,25,27). The van der Waals surface area contributed by atoms with Crippen LogP contribution in [0.3, 0.4) is 0 Å². The second-order valence-electron chi connectivity index (χ2n) is 6.02. The number of nitrogens with zero attached hydrogens (tertiary/aromatic N) is 3. The number of anilines is 1. The molecular formula is C21H15ClN4O2S. The third-order valence-electron chi connectivity index (χ3n) is 3.88. The van der Waals surface area contributed by atoms with E-state index in [0.717, 1.165) is 10.6 Å². The minimum absolute atomic E-state index is 0.163. The molecule has 144 valence electrons. The van der Waals surface area contributed by atoms with E-state index in [2.05, 4.69) is 20.3 Å². The van der Waals surface area contributed by atoms with Gasteiger partial charge in [-0.2, -0.15) is 0 Å². The Morgan fingerprint density at radius 1 is 1.14 bits per heavy atom. The molecule has 1 N–H and O–H groups in total. The van der Waals surface area contributed by atoms with Gasteiger partial charge in [0.1, 0.15) is 10.8 Å². The molecule has 0 fully saturated rings. The van der Waals surface area contributed by atoms with Gasteiger partial charge in [-0.3, -0.25) is 9.78 Å². The lowest BCUT2D eigenvalue weighted by molar-refractivity contribution is -0.115. The van der Waals surface area contributed by atoms with Crippen molar-refractivity contribution in [3.63, 3.8) is 0 Å². The van der Waals surface area contributed by atoms with Gasteiger partial charge >= 0.3 is 0 Å². The first-order valence-corrected chi connectivity index (χ1v) is 9.96. The topological polar surface area (TPSA) is 77.0 Å². The SMILES string of the molecule is O=C(Cc1csc(-c2ccccc2Cl)n1)Nc1cccc(Oc2cnccn2)c1. The molecule has 0 atom stereocenters. The maximum Gasteiger partial charge on any atom is 0.237 e. The zero-order valence-corrected chi connectivity index (χ0v) is 16.7. The Labute approximate surface area is 176 Å². The van der Waals surface area contributed by atoms with Gasteiger partial charge < -0.3 is 10.1 Å². The summed E-state index contributed by atoms with van der Waals surface area (Å²) in [7, 11) is 0. The fraction of sp³-hybridized carbons (Fsp3) is 0.0476. The summed E-state index contributed by atoms with van der Waals surface area (Å²) in [4.78, 5) is 25.0. The molecule has 0 radical (unpaired) electrons. The van der Waals surface area contributed by atoms with E-state index in [1.54, 1.807) is 36.7 Å². The Morgan fingerprint density at radius 2 is 2.03 bits per heavy atom. The lowest BCUT2D eigenvalue weighted by Gasteiger charge is -2.07. The number of nitrogens with one attached hydrogen (secondary N) is 1. The van der Waals surface area contributed by atoms with Crippen LogP contribution in [0.1, 0.15) is 5.69 Å². The number of hydrogen-bond donors (Lipinski definition) is 1. The van der Waals surface area contributed by atoms with Crippen molar-refractivity contribution in [2.45, 2.75) is 6.42 Å². The number of halogens is 1. The van der Waals surface area contributed by atoms with Crippen LogP contribution in [-0.4, -0.2) is 20.9 Å². The molecule has 0 bridgehead atoms. The van der Waals surface area contributed by atoms with Crippen LogP contribution in [0.4, 0.5) is 5.69 Å². The smallest absolute Gasteiger partial charge is 0.237 e. The molecule has 0 unspecified atom stereocenters. The summed E-state index contributed by atoms with van der Waals surface area (Å²) >= 11 is 7.68. The molecule has 0 saturated heterocycles. The van der Waals surface area contributed by atoms with Crippen molar-refractivity contribution in [2.75, 3.05) is 5.32 Å². The van der Waals surface area contributed by atoms with Crippen LogP contribution in [0.2, 0.25) is 5.02 Å². The Morgan fingerprint density at radius 3 is 2.86 bits per heavy atom. The van der Waals surface area contributed by atoms with Crippen molar-refractivity contribution >= 4 is 34.5 Å². The van der Waals surface area contributed by atoms with E-state index in [-0.39, 0.29) is 12.3 Å². The van der Waals surface area contributed by atoms with Crippen LogP contribution in [0.25, 0.3) is 10.6 Å². The van der Waals surface area contributed by atoms with Gasteiger partial charge in [-0.1, -0.05) is 35.9 Å². The molecule has 4 aromatic rings. The molecule has 2 aromatic heterocycles. The van der Waals surface area contributed by atoms with Gasteiger partial charge in [0, 0.05) is 35.1 Å². The highest BCUT2D eigenvalue weighted by Crippen LogP contribution is 2.30.